The number of Topliss-reactive ketones (excluding diaryl/α,β-unsaturated/α-hetero) is 1. The summed E-state index contributed by atoms with van der Waals surface area (Å²) in [5.74, 6) is 0.351. The number of likely N-dealkylation sites (tertiary alicyclic amines) is 1. The normalized spacial score (nSPS) is 15.6. The zero-order valence-corrected chi connectivity index (χ0v) is 12.3. The number of hydrogen-bond acceptors (Lipinski definition) is 3. The molecule has 1 amide bonds. The molecule has 0 spiro atoms. The summed E-state index contributed by atoms with van der Waals surface area (Å²) in [6.07, 6.45) is 1.91. The third kappa shape index (κ3) is 4.05. The first-order valence-corrected chi connectivity index (χ1v) is 6.79. The molecule has 1 aromatic carbocycles. The van der Waals surface area contributed by atoms with Crippen LogP contribution in [0.4, 0.5) is 0 Å². The fourth-order valence-corrected chi connectivity index (χ4v) is 2.51. The quantitative estimate of drug-likeness (QED) is 0.863. The minimum atomic E-state index is 0. The van der Waals surface area contributed by atoms with E-state index in [0.29, 0.717) is 26.1 Å². The van der Waals surface area contributed by atoms with Crippen LogP contribution in [0.25, 0.3) is 0 Å². The molecule has 4 nitrogen and oxygen atoms in total. The number of benzene rings is 1. The molecule has 2 rings (SSSR count). The number of ketones is 1. The number of halogens is 1. The summed E-state index contributed by atoms with van der Waals surface area (Å²) in [5.41, 5.74) is 6.16. The molecule has 0 bridgehead atoms. The molecule has 1 aromatic rings. The molecule has 1 heterocycles. The highest BCUT2D eigenvalue weighted by atomic mass is 35.5. The van der Waals surface area contributed by atoms with Crippen LogP contribution in [0.1, 0.15) is 29.6 Å². The SMILES string of the molecule is Cl.NCCC(=O)N1CCC(C(=O)c2ccccc2)CC1. The Kier molecular flexibility index (Phi) is 6.68. The van der Waals surface area contributed by atoms with Crippen LogP contribution in [0.15, 0.2) is 30.3 Å². The summed E-state index contributed by atoms with van der Waals surface area (Å²) in [6, 6.07) is 9.38. The van der Waals surface area contributed by atoms with E-state index in [1.807, 2.05) is 35.2 Å². The van der Waals surface area contributed by atoms with Gasteiger partial charge in [0.1, 0.15) is 0 Å². The molecule has 0 saturated carbocycles. The molecule has 1 saturated heterocycles. The van der Waals surface area contributed by atoms with Gasteiger partial charge in [-0.15, -0.1) is 12.4 Å². The molecular formula is C15H21ClN2O2. The maximum Gasteiger partial charge on any atom is 0.223 e. The summed E-state index contributed by atoms with van der Waals surface area (Å²) < 4.78 is 0. The number of carbonyl (C=O) groups excluding carboxylic acids is 2. The van der Waals surface area contributed by atoms with Crippen molar-refractivity contribution in [3.05, 3.63) is 35.9 Å². The van der Waals surface area contributed by atoms with Gasteiger partial charge in [0.15, 0.2) is 5.78 Å². The lowest BCUT2D eigenvalue weighted by atomic mass is 9.89. The zero-order valence-electron chi connectivity index (χ0n) is 11.5. The van der Waals surface area contributed by atoms with E-state index in [1.54, 1.807) is 0 Å². The van der Waals surface area contributed by atoms with Crippen LogP contribution in [0.3, 0.4) is 0 Å². The topological polar surface area (TPSA) is 63.4 Å². The van der Waals surface area contributed by atoms with E-state index >= 15 is 0 Å². The fourth-order valence-electron chi connectivity index (χ4n) is 2.51. The van der Waals surface area contributed by atoms with Crippen molar-refractivity contribution in [1.29, 1.82) is 0 Å². The van der Waals surface area contributed by atoms with E-state index in [0.717, 1.165) is 18.4 Å². The second kappa shape index (κ2) is 8.02. The van der Waals surface area contributed by atoms with Crippen molar-refractivity contribution in [2.24, 2.45) is 11.7 Å². The van der Waals surface area contributed by atoms with Gasteiger partial charge in [0.05, 0.1) is 0 Å². The Balaban J connectivity index is 0.00000200. The molecule has 0 atom stereocenters. The third-order valence-corrected chi connectivity index (χ3v) is 3.63. The average Bonchev–Trinajstić information content (AvgIpc) is 2.48. The smallest absolute Gasteiger partial charge is 0.223 e. The molecule has 110 valence electrons. The van der Waals surface area contributed by atoms with E-state index in [9.17, 15) is 9.59 Å². The van der Waals surface area contributed by atoms with Crippen molar-refractivity contribution < 1.29 is 9.59 Å². The summed E-state index contributed by atoms with van der Waals surface area (Å²) in [4.78, 5) is 25.8. The molecule has 20 heavy (non-hydrogen) atoms. The van der Waals surface area contributed by atoms with Gasteiger partial charge >= 0.3 is 0 Å². The highest BCUT2D eigenvalue weighted by molar-refractivity contribution is 5.98. The molecule has 0 unspecified atom stereocenters. The Morgan fingerprint density at radius 1 is 1.15 bits per heavy atom. The van der Waals surface area contributed by atoms with Crippen LogP contribution in [-0.2, 0) is 4.79 Å². The van der Waals surface area contributed by atoms with Gasteiger partial charge in [-0.1, -0.05) is 30.3 Å². The first kappa shape index (κ1) is 16.7. The average molecular weight is 297 g/mol. The van der Waals surface area contributed by atoms with Crippen molar-refractivity contribution >= 4 is 24.1 Å². The second-order valence-corrected chi connectivity index (χ2v) is 4.92. The molecular weight excluding hydrogens is 276 g/mol. The first-order chi connectivity index (χ1) is 9.22. The Hall–Kier alpha value is -1.39. The second-order valence-electron chi connectivity index (χ2n) is 4.92. The third-order valence-electron chi connectivity index (χ3n) is 3.63. The summed E-state index contributed by atoms with van der Waals surface area (Å²) >= 11 is 0. The number of rotatable bonds is 4. The molecule has 0 radical (unpaired) electrons. The van der Waals surface area contributed by atoms with Gasteiger partial charge in [0, 0.05) is 37.5 Å². The number of nitrogens with two attached hydrogens (primary N) is 1. The first-order valence-electron chi connectivity index (χ1n) is 6.79. The van der Waals surface area contributed by atoms with Crippen LogP contribution < -0.4 is 5.73 Å². The van der Waals surface area contributed by atoms with Gasteiger partial charge in [-0.2, -0.15) is 0 Å². The molecule has 1 fully saturated rings. The van der Waals surface area contributed by atoms with Crippen LogP contribution in [0.5, 0.6) is 0 Å². The van der Waals surface area contributed by atoms with Crippen molar-refractivity contribution in [2.45, 2.75) is 19.3 Å². The number of hydrogen-bond donors (Lipinski definition) is 1. The molecule has 1 aliphatic rings. The van der Waals surface area contributed by atoms with E-state index in [4.69, 9.17) is 5.73 Å². The van der Waals surface area contributed by atoms with Crippen molar-refractivity contribution in [2.75, 3.05) is 19.6 Å². The molecule has 2 N–H and O–H groups in total. The molecule has 5 heteroatoms. The highest BCUT2D eigenvalue weighted by Gasteiger charge is 2.27. The molecule has 1 aliphatic heterocycles. The number of piperidine rings is 1. The van der Waals surface area contributed by atoms with Gasteiger partial charge in [-0.05, 0) is 12.8 Å². The fraction of sp³-hybridized carbons (Fsp3) is 0.467. The van der Waals surface area contributed by atoms with Gasteiger partial charge in [0.2, 0.25) is 5.91 Å². The van der Waals surface area contributed by atoms with Gasteiger partial charge in [-0.3, -0.25) is 9.59 Å². The minimum Gasteiger partial charge on any atom is -0.343 e. The maximum atomic E-state index is 12.3. The Morgan fingerprint density at radius 3 is 2.30 bits per heavy atom. The lowest BCUT2D eigenvalue weighted by molar-refractivity contribution is -0.132. The summed E-state index contributed by atoms with van der Waals surface area (Å²) in [5, 5.41) is 0. The highest BCUT2D eigenvalue weighted by Crippen LogP contribution is 2.22. The van der Waals surface area contributed by atoms with E-state index in [2.05, 4.69) is 0 Å². The lowest BCUT2D eigenvalue weighted by Gasteiger charge is -2.31. The van der Waals surface area contributed by atoms with Crippen molar-refractivity contribution in [3.63, 3.8) is 0 Å². The minimum absolute atomic E-state index is 0. The maximum absolute atomic E-state index is 12.3. The predicted molar refractivity (Wildman–Crippen MR) is 81.0 cm³/mol. The summed E-state index contributed by atoms with van der Waals surface area (Å²) in [7, 11) is 0. The Morgan fingerprint density at radius 2 is 1.75 bits per heavy atom. The monoisotopic (exact) mass is 296 g/mol. The Bertz CT molecular complexity index is 442. The van der Waals surface area contributed by atoms with E-state index in [1.165, 1.54) is 0 Å². The van der Waals surface area contributed by atoms with Crippen LogP contribution in [0.2, 0.25) is 0 Å². The van der Waals surface area contributed by atoms with Gasteiger partial charge < -0.3 is 10.6 Å². The molecule has 0 aromatic heterocycles. The number of carbonyl (C=O) groups is 2. The van der Waals surface area contributed by atoms with Crippen molar-refractivity contribution in [1.82, 2.24) is 4.90 Å². The van der Waals surface area contributed by atoms with E-state index < -0.39 is 0 Å². The largest absolute Gasteiger partial charge is 0.343 e. The van der Waals surface area contributed by atoms with Gasteiger partial charge in [0.25, 0.3) is 0 Å². The summed E-state index contributed by atoms with van der Waals surface area (Å²) in [6.45, 7) is 1.73. The lowest BCUT2D eigenvalue weighted by Crippen LogP contribution is -2.40. The standard InChI is InChI=1S/C15H20N2O2.ClH/c16-9-6-14(18)17-10-7-13(8-11-17)15(19)12-4-2-1-3-5-12;/h1-5,13H,6-11,16H2;1H. The number of nitrogens with zero attached hydrogens (tertiary/aromatic N) is 1. The predicted octanol–water partition coefficient (Wildman–Crippen LogP) is 1.88. The Labute approximate surface area is 125 Å². The van der Waals surface area contributed by atoms with Crippen molar-refractivity contribution in [3.8, 4) is 0 Å². The molecule has 0 aliphatic carbocycles. The van der Waals surface area contributed by atoms with Crippen LogP contribution in [-0.4, -0.2) is 36.2 Å². The number of amides is 1. The van der Waals surface area contributed by atoms with E-state index in [-0.39, 0.29) is 30.0 Å². The van der Waals surface area contributed by atoms with Crippen LogP contribution in [0, 0.1) is 5.92 Å². The van der Waals surface area contributed by atoms with Crippen LogP contribution >= 0.6 is 12.4 Å². The zero-order chi connectivity index (χ0) is 13.7. The van der Waals surface area contributed by atoms with Gasteiger partial charge in [-0.25, -0.2) is 0 Å².